The molecule has 2 amide bonds. The van der Waals surface area contributed by atoms with Gasteiger partial charge < -0.3 is 19.7 Å². The van der Waals surface area contributed by atoms with E-state index in [0.717, 1.165) is 0 Å². The molecular weight excluding hydrogens is 322 g/mol. The maximum Gasteiger partial charge on any atom is 0.317 e. The number of nitrogens with one attached hydrogen (secondary N) is 1. The highest BCUT2D eigenvalue weighted by molar-refractivity contribution is 7.89. The van der Waals surface area contributed by atoms with Gasteiger partial charge in [0.05, 0.1) is 14.2 Å². The number of piperazine rings is 1. The van der Waals surface area contributed by atoms with Crippen molar-refractivity contribution in [3.8, 4) is 11.5 Å². The molecule has 1 saturated heterocycles. The summed E-state index contributed by atoms with van der Waals surface area (Å²) in [6.07, 6.45) is 0. The minimum absolute atomic E-state index is 0.0627. The fraction of sp³-hybridized carbons (Fsp3) is 0.500. The number of hydrogen-bond donors (Lipinski definition) is 1. The van der Waals surface area contributed by atoms with Crippen molar-refractivity contribution in [1.29, 1.82) is 0 Å². The van der Waals surface area contributed by atoms with Crippen molar-refractivity contribution in [1.82, 2.24) is 14.5 Å². The molecular formula is C14H21N3O5S. The average Bonchev–Trinajstić information content (AvgIpc) is 2.60. The predicted octanol–water partition coefficient (Wildman–Crippen LogP) is 0.350. The van der Waals surface area contributed by atoms with Crippen LogP contribution < -0.4 is 14.8 Å². The number of methoxy groups -OCH3 is 2. The van der Waals surface area contributed by atoms with E-state index in [9.17, 15) is 13.2 Å². The molecule has 1 aromatic carbocycles. The van der Waals surface area contributed by atoms with Gasteiger partial charge in [-0.1, -0.05) is 0 Å². The molecule has 0 atom stereocenters. The molecule has 8 nitrogen and oxygen atoms in total. The fourth-order valence-electron chi connectivity index (χ4n) is 2.41. The molecule has 1 fully saturated rings. The molecule has 0 spiro atoms. The van der Waals surface area contributed by atoms with Crippen molar-refractivity contribution in [2.24, 2.45) is 0 Å². The van der Waals surface area contributed by atoms with Crippen LogP contribution in [-0.4, -0.2) is 71.1 Å². The number of sulfonamides is 1. The topological polar surface area (TPSA) is 88.2 Å². The van der Waals surface area contributed by atoms with E-state index >= 15 is 0 Å². The molecule has 0 saturated carbocycles. The predicted molar refractivity (Wildman–Crippen MR) is 84.3 cm³/mol. The Kier molecular flexibility index (Phi) is 5.32. The van der Waals surface area contributed by atoms with Crippen LogP contribution in [0, 0.1) is 0 Å². The van der Waals surface area contributed by atoms with E-state index in [-0.39, 0.29) is 29.8 Å². The first kappa shape index (κ1) is 17.4. The van der Waals surface area contributed by atoms with Crippen LogP contribution in [0.4, 0.5) is 4.79 Å². The van der Waals surface area contributed by atoms with Crippen molar-refractivity contribution in [3.05, 3.63) is 18.2 Å². The Labute approximate surface area is 136 Å². The summed E-state index contributed by atoms with van der Waals surface area (Å²) in [7, 11) is 0.718. The molecule has 0 aliphatic carbocycles. The summed E-state index contributed by atoms with van der Waals surface area (Å²) in [6, 6.07) is 4.44. The number of urea groups is 1. The lowest BCUT2D eigenvalue weighted by Gasteiger charge is -2.33. The van der Waals surface area contributed by atoms with Crippen LogP contribution in [0.5, 0.6) is 11.5 Å². The van der Waals surface area contributed by atoms with Gasteiger partial charge in [0.1, 0.15) is 16.4 Å². The van der Waals surface area contributed by atoms with E-state index in [0.29, 0.717) is 18.8 Å². The van der Waals surface area contributed by atoms with Gasteiger partial charge in [0, 0.05) is 39.3 Å². The molecule has 0 radical (unpaired) electrons. The van der Waals surface area contributed by atoms with Crippen molar-refractivity contribution in [2.75, 3.05) is 47.4 Å². The zero-order valence-electron chi connectivity index (χ0n) is 13.4. The van der Waals surface area contributed by atoms with Crippen LogP contribution in [0.25, 0.3) is 0 Å². The zero-order valence-corrected chi connectivity index (χ0v) is 14.2. The van der Waals surface area contributed by atoms with E-state index < -0.39 is 10.0 Å². The third-order valence-electron chi connectivity index (χ3n) is 3.73. The normalized spacial score (nSPS) is 16.0. The Morgan fingerprint density at radius 3 is 2.30 bits per heavy atom. The molecule has 1 aliphatic heterocycles. The van der Waals surface area contributed by atoms with E-state index in [2.05, 4.69) is 5.32 Å². The Morgan fingerprint density at radius 1 is 1.13 bits per heavy atom. The second kappa shape index (κ2) is 7.05. The summed E-state index contributed by atoms with van der Waals surface area (Å²) >= 11 is 0. The fourth-order valence-corrected chi connectivity index (χ4v) is 4.01. The number of carbonyl (C=O) groups excluding carboxylic acids is 1. The van der Waals surface area contributed by atoms with Crippen molar-refractivity contribution < 1.29 is 22.7 Å². The van der Waals surface area contributed by atoms with Gasteiger partial charge in [-0.3, -0.25) is 0 Å². The number of hydrogen-bond acceptors (Lipinski definition) is 5. The quantitative estimate of drug-likeness (QED) is 0.852. The lowest BCUT2D eigenvalue weighted by molar-refractivity contribution is 0.174. The minimum atomic E-state index is -3.72. The largest absolute Gasteiger partial charge is 0.497 e. The van der Waals surface area contributed by atoms with E-state index in [1.165, 1.54) is 24.6 Å². The smallest absolute Gasteiger partial charge is 0.317 e. The number of ether oxygens (including phenoxy) is 2. The van der Waals surface area contributed by atoms with E-state index in [1.54, 1.807) is 24.1 Å². The van der Waals surface area contributed by atoms with Crippen LogP contribution in [0.15, 0.2) is 23.1 Å². The van der Waals surface area contributed by atoms with Crippen LogP contribution in [0.3, 0.4) is 0 Å². The van der Waals surface area contributed by atoms with Crippen molar-refractivity contribution in [3.63, 3.8) is 0 Å². The summed E-state index contributed by atoms with van der Waals surface area (Å²) in [5, 5.41) is 2.54. The number of amides is 2. The summed E-state index contributed by atoms with van der Waals surface area (Å²) < 4.78 is 37.3. The van der Waals surface area contributed by atoms with Gasteiger partial charge in [-0.15, -0.1) is 0 Å². The molecule has 1 aromatic rings. The SMILES string of the molecule is CNC(=O)N1CCN(S(=O)(=O)c2cc(OC)ccc2OC)CC1. The van der Waals surface area contributed by atoms with E-state index in [4.69, 9.17) is 9.47 Å². The third kappa shape index (κ3) is 3.50. The lowest BCUT2D eigenvalue weighted by Crippen LogP contribution is -2.52. The molecule has 9 heteroatoms. The van der Waals surface area contributed by atoms with Gasteiger partial charge >= 0.3 is 6.03 Å². The van der Waals surface area contributed by atoms with Crippen LogP contribution in [0.1, 0.15) is 0 Å². The maximum atomic E-state index is 12.9. The summed E-state index contributed by atoms with van der Waals surface area (Å²) in [6.45, 7) is 1.14. The summed E-state index contributed by atoms with van der Waals surface area (Å²) in [5.74, 6) is 0.702. The first-order chi connectivity index (χ1) is 10.9. The molecule has 0 bridgehead atoms. The lowest BCUT2D eigenvalue weighted by atomic mass is 10.3. The highest BCUT2D eigenvalue weighted by atomic mass is 32.2. The maximum absolute atomic E-state index is 12.9. The van der Waals surface area contributed by atoms with Gasteiger partial charge in [-0.25, -0.2) is 13.2 Å². The van der Waals surface area contributed by atoms with Gasteiger partial charge in [-0.2, -0.15) is 4.31 Å². The Bertz CT molecular complexity index is 669. The number of benzene rings is 1. The number of carbonyl (C=O) groups is 1. The average molecular weight is 343 g/mol. The molecule has 23 heavy (non-hydrogen) atoms. The van der Waals surface area contributed by atoms with Crippen molar-refractivity contribution in [2.45, 2.75) is 4.90 Å². The van der Waals surface area contributed by atoms with Crippen LogP contribution in [0.2, 0.25) is 0 Å². The molecule has 1 aliphatic rings. The van der Waals surface area contributed by atoms with E-state index in [1.807, 2.05) is 0 Å². The number of nitrogens with zero attached hydrogens (tertiary/aromatic N) is 2. The van der Waals surface area contributed by atoms with Gasteiger partial charge in [-0.05, 0) is 12.1 Å². The molecule has 1 heterocycles. The molecule has 128 valence electrons. The highest BCUT2D eigenvalue weighted by Gasteiger charge is 2.32. The first-order valence-electron chi connectivity index (χ1n) is 7.13. The molecule has 0 unspecified atom stereocenters. The van der Waals surface area contributed by atoms with Crippen molar-refractivity contribution >= 4 is 16.1 Å². The van der Waals surface area contributed by atoms with Gasteiger partial charge in [0.25, 0.3) is 0 Å². The second-order valence-electron chi connectivity index (χ2n) is 4.96. The zero-order chi connectivity index (χ0) is 17.0. The second-order valence-corrected chi connectivity index (χ2v) is 6.87. The van der Waals surface area contributed by atoms with Crippen LogP contribution >= 0.6 is 0 Å². The summed E-state index contributed by atoms with van der Waals surface area (Å²) in [5.41, 5.74) is 0. The summed E-state index contributed by atoms with van der Waals surface area (Å²) in [4.78, 5) is 13.2. The Hall–Kier alpha value is -2.00. The number of rotatable bonds is 4. The van der Waals surface area contributed by atoms with Gasteiger partial charge in [0.2, 0.25) is 10.0 Å². The minimum Gasteiger partial charge on any atom is -0.497 e. The molecule has 2 rings (SSSR count). The first-order valence-corrected chi connectivity index (χ1v) is 8.57. The molecule has 1 N–H and O–H groups in total. The molecule has 0 aromatic heterocycles. The van der Waals surface area contributed by atoms with Gasteiger partial charge in [0.15, 0.2) is 0 Å². The monoisotopic (exact) mass is 343 g/mol. The Balaban J connectivity index is 2.24. The standard InChI is InChI=1S/C14H21N3O5S/c1-15-14(18)16-6-8-17(9-7-16)23(19,20)13-10-11(21-2)4-5-12(13)22-3/h4-5,10H,6-9H2,1-3H3,(H,15,18). The third-order valence-corrected chi connectivity index (χ3v) is 5.65. The van der Waals surface area contributed by atoms with Crippen LogP contribution in [-0.2, 0) is 10.0 Å². The highest BCUT2D eigenvalue weighted by Crippen LogP contribution is 2.31. The Morgan fingerprint density at radius 2 is 1.78 bits per heavy atom.